The van der Waals surface area contributed by atoms with Crippen molar-refractivity contribution in [2.24, 2.45) is 0 Å². The van der Waals surface area contributed by atoms with Crippen molar-refractivity contribution in [3.8, 4) is 5.75 Å². The Labute approximate surface area is 216 Å². The second-order valence-corrected chi connectivity index (χ2v) is 8.15. The Bertz CT molecular complexity index is 1360. The van der Waals surface area contributed by atoms with Crippen LogP contribution in [0.1, 0.15) is 30.6 Å². The summed E-state index contributed by atoms with van der Waals surface area (Å²) in [5.41, 5.74) is 7.95. The molecule has 0 unspecified atom stereocenters. The standard InChI is InChI=1S/C21H26N10O4.CH2O2/c1-3-31-28-18(27-29-31)16-14(32)15(33)20(35-16)30-10-24-13-17(22)25-21(26-19(13)30)23-9-8-11-4-6-12(34-2)7-5-11;2-1-3/h4-7,10,14-16,20,32-33H,3,8-9H2,1-2H3,(H3,22,23,25,26);1H,(H,2,3)/t14-,15+,16-,20+;/m0./s1. The number of imidazole rings is 1. The number of carbonyl (C=O) groups is 1. The number of nitrogens with two attached hydrogens (primary N) is 1. The number of hydrogen-bond acceptors (Lipinski definition) is 13. The molecule has 0 saturated carbocycles. The maximum absolute atomic E-state index is 10.7. The molecule has 5 rings (SSSR count). The SMILES string of the molecule is CCn1nnc([C@H]2O[C@@H](n3cnc4c(N)nc(NCCc5ccc(OC)cc5)nc43)[C@H](O)[C@@H]2O)n1.O=CO. The molecule has 4 aromatic rings. The molecule has 1 fully saturated rings. The van der Waals surface area contributed by atoms with E-state index >= 15 is 0 Å². The molecule has 3 aromatic heterocycles. The minimum absolute atomic E-state index is 0.179. The number of nitrogens with one attached hydrogen (secondary N) is 1. The van der Waals surface area contributed by atoms with E-state index in [4.69, 9.17) is 25.1 Å². The topological polar surface area (TPSA) is 221 Å². The number of anilines is 2. The minimum atomic E-state index is -1.28. The van der Waals surface area contributed by atoms with Gasteiger partial charge in [-0.3, -0.25) is 9.36 Å². The van der Waals surface area contributed by atoms with Crippen LogP contribution in [0.25, 0.3) is 11.2 Å². The van der Waals surface area contributed by atoms with Crippen LogP contribution in [0.3, 0.4) is 0 Å². The molecule has 1 aromatic carbocycles. The zero-order valence-corrected chi connectivity index (χ0v) is 20.6. The molecular formula is C22H28N10O6. The first-order chi connectivity index (χ1) is 18.4. The number of methoxy groups -OCH3 is 1. The zero-order valence-electron chi connectivity index (χ0n) is 20.6. The summed E-state index contributed by atoms with van der Waals surface area (Å²) in [4.78, 5) is 22.8. The molecule has 16 nitrogen and oxygen atoms in total. The van der Waals surface area contributed by atoms with Crippen molar-refractivity contribution in [1.29, 1.82) is 0 Å². The van der Waals surface area contributed by atoms with Crippen LogP contribution in [0.15, 0.2) is 30.6 Å². The fourth-order valence-corrected chi connectivity index (χ4v) is 3.92. The highest BCUT2D eigenvalue weighted by Gasteiger charge is 2.47. The number of hydrogen-bond donors (Lipinski definition) is 5. The molecule has 6 N–H and O–H groups in total. The molecule has 0 spiro atoms. The first kappa shape index (κ1) is 26.6. The number of rotatable bonds is 8. The molecule has 16 heteroatoms. The summed E-state index contributed by atoms with van der Waals surface area (Å²) in [5, 5.41) is 43.4. The van der Waals surface area contributed by atoms with Crippen molar-refractivity contribution >= 4 is 29.4 Å². The van der Waals surface area contributed by atoms with Crippen LogP contribution in [0, 0.1) is 0 Å². The van der Waals surface area contributed by atoms with E-state index in [1.165, 1.54) is 15.7 Å². The number of carboxylic acid groups (broad SMARTS) is 1. The molecule has 4 heterocycles. The van der Waals surface area contributed by atoms with Crippen molar-refractivity contribution in [2.75, 3.05) is 24.7 Å². The maximum atomic E-state index is 10.7. The van der Waals surface area contributed by atoms with E-state index in [-0.39, 0.29) is 18.1 Å². The van der Waals surface area contributed by atoms with Gasteiger partial charge >= 0.3 is 0 Å². The first-order valence-electron chi connectivity index (χ1n) is 11.6. The van der Waals surface area contributed by atoms with Gasteiger partial charge in [0.25, 0.3) is 6.47 Å². The monoisotopic (exact) mass is 528 g/mol. The van der Waals surface area contributed by atoms with Crippen LogP contribution in [0.5, 0.6) is 5.75 Å². The summed E-state index contributed by atoms with van der Waals surface area (Å²) in [5.74, 6) is 1.46. The number of ether oxygens (including phenoxy) is 2. The summed E-state index contributed by atoms with van der Waals surface area (Å²) in [6.45, 7) is 2.69. The molecular weight excluding hydrogens is 500 g/mol. The number of aliphatic hydroxyl groups excluding tert-OH is 2. The quantitative estimate of drug-likeness (QED) is 0.186. The van der Waals surface area contributed by atoms with E-state index in [2.05, 4.69) is 35.7 Å². The minimum Gasteiger partial charge on any atom is -0.497 e. The van der Waals surface area contributed by atoms with E-state index in [0.29, 0.717) is 30.2 Å². The molecule has 1 aliphatic heterocycles. The fourth-order valence-electron chi connectivity index (χ4n) is 3.92. The van der Waals surface area contributed by atoms with Gasteiger partial charge in [-0.15, -0.1) is 10.2 Å². The largest absolute Gasteiger partial charge is 0.497 e. The lowest BCUT2D eigenvalue weighted by Gasteiger charge is -2.16. The van der Waals surface area contributed by atoms with Gasteiger partial charge in [0.1, 0.15) is 23.5 Å². The van der Waals surface area contributed by atoms with Crippen LogP contribution < -0.4 is 15.8 Å². The van der Waals surface area contributed by atoms with Crippen LogP contribution in [-0.4, -0.2) is 87.4 Å². The highest BCUT2D eigenvalue weighted by atomic mass is 16.6. The maximum Gasteiger partial charge on any atom is 0.290 e. The lowest BCUT2D eigenvalue weighted by molar-refractivity contribution is -0.122. The highest BCUT2D eigenvalue weighted by Crippen LogP contribution is 2.38. The summed E-state index contributed by atoms with van der Waals surface area (Å²) in [6.07, 6.45) is -2.34. The van der Waals surface area contributed by atoms with Gasteiger partial charge in [-0.05, 0) is 36.3 Å². The Kier molecular flexibility index (Phi) is 8.25. The first-order valence-corrected chi connectivity index (χ1v) is 11.6. The predicted octanol–water partition coefficient (Wildman–Crippen LogP) is -0.229. The third kappa shape index (κ3) is 5.46. The third-order valence-corrected chi connectivity index (χ3v) is 5.82. The molecule has 1 saturated heterocycles. The predicted molar refractivity (Wildman–Crippen MR) is 132 cm³/mol. The molecule has 0 amide bonds. The fraction of sp³-hybridized carbons (Fsp3) is 0.409. The molecule has 0 bridgehead atoms. The Morgan fingerprint density at radius 2 is 1.95 bits per heavy atom. The zero-order chi connectivity index (χ0) is 27.2. The smallest absolute Gasteiger partial charge is 0.290 e. The van der Waals surface area contributed by atoms with Gasteiger partial charge in [-0.2, -0.15) is 14.8 Å². The molecule has 4 atom stereocenters. The second-order valence-electron chi connectivity index (χ2n) is 8.15. The van der Waals surface area contributed by atoms with E-state index in [1.54, 1.807) is 7.11 Å². The van der Waals surface area contributed by atoms with Gasteiger partial charge < -0.3 is 35.8 Å². The molecule has 1 aliphatic rings. The average molecular weight is 529 g/mol. The van der Waals surface area contributed by atoms with E-state index in [9.17, 15) is 10.2 Å². The average Bonchev–Trinajstić information content (AvgIpc) is 3.63. The van der Waals surface area contributed by atoms with Crippen molar-refractivity contribution in [3.05, 3.63) is 42.0 Å². The number of tetrazole rings is 1. The number of aryl methyl sites for hydroxylation is 1. The summed E-state index contributed by atoms with van der Waals surface area (Å²) in [6, 6.07) is 7.79. The Morgan fingerprint density at radius 3 is 2.61 bits per heavy atom. The lowest BCUT2D eigenvalue weighted by atomic mass is 10.1. The van der Waals surface area contributed by atoms with Crippen molar-refractivity contribution < 1.29 is 29.6 Å². The lowest BCUT2D eigenvalue weighted by Crippen LogP contribution is -2.29. The van der Waals surface area contributed by atoms with Crippen LogP contribution in [0.4, 0.5) is 11.8 Å². The van der Waals surface area contributed by atoms with Crippen LogP contribution in [0.2, 0.25) is 0 Å². The van der Waals surface area contributed by atoms with Crippen LogP contribution >= 0.6 is 0 Å². The number of fused-ring (bicyclic) bond motifs is 1. The van der Waals surface area contributed by atoms with Crippen LogP contribution in [-0.2, 0) is 22.5 Å². The number of nitrogens with zero attached hydrogens (tertiary/aromatic N) is 8. The molecule has 38 heavy (non-hydrogen) atoms. The number of aliphatic hydroxyl groups is 2. The van der Waals surface area contributed by atoms with Gasteiger partial charge in [-0.1, -0.05) is 12.1 Å². The third-order valence-electron chi connectivity index (χ3n) is 5.82. The Balaban J connectivity index is 0.00000107. The molecule has 0 aliphatic carbocycles. The van der Waals surface area contributed by atoms with E-state index in [1.807, 2.05) is 31.2 Å². The van der Waals surface area contributed by atoms with E-state index in [0.717, 1.165) is 17.7 Å². The highest BCUT2D eigenvalue weighted by molar-refractivity contribution is 5.83. The van der Waals surface area contributed by atoms with Gasteiger partial charge in [0.2, 0.25) is 11.8 Å². The Morgan fingerprint density at radius 1 is 1.21 bits per heavy atom. The van der Waals surface area contributed by atoms with Gasteiger partial charge in [0, 0.05) is 6.54 Å². The van der Waals surface area contributed by atoms with Gasteiger partial charge in [0.05, 0.1) is 20.0 Å². The second kappa shape index (κ2) is 11.8. The van der Waals surface area contributed by atoms with Crippen molar-refractivity contribution in [1.82, 2.24) is 39.7 Å². The van der Waals surface area contributed by atoms with Gasteiger partial charge in [-0.25, -0.2) is 4.98 Å². The number of benzene rings is 1. The number of aromatic nitrogens is 8. The van der Waals surface area contributed by atoms with Crippen molar-refractivity contribution in [2.45, 2.75) is 44.4 Å². The normalized spacial score (nSPS) is 20.6. The van der Waals surface area contributed by atoms with E-state index < -0.39 is 24.5 Å². The Hall–Kier alpha value is -4.41. The molecule has 202 valence electrons. The number of nitrogen functional groups attached to an aromatic ring is 1. The summed E-state index contributed by atoms with van der Waals surface area (Å²) in [7, 11) is 1.63. The van der Waals surface area contributed by atoms with Crippen molar-refractivity contribution in [3.63, 3.8) is 0 Å². The summed E-state index contributed by atoms with van der Waals surface area (Å²) < 4.78 is 12.6. The van der Waals surface area contributed by atoms with Gasteiger partial charge in [0.15, 0.2) is 23.8 Å². The summed E-state index contributed by atoms with van der Waals surface area (Å²) >= 11 is 0. The molecule has 0 radical (unpaired) electrons.